The molecule has 4 aromatic carbocycles. The molecule has 96 heavy (non-hydrogen) atoms. The summed E-state index contributed by atoms with van der Waals surface area (Å²) in [5.74, 6) is -4.16. The molecule has 0 unspecified atom stereocenters. The molecule has 1 aliphatic rings. The summed E-state index contributed by atoms with van der Waals surface area (Å²) >= 11 is 0. The second-order valence-electron chi connectivity index (χ2n) is 28.3. The van der Waals surface area contributed by atoms with Crippen LogP contribution in [0.5, 0.6) is 23.0 Å². The maximum atomic E-state index is 12.5. The highest BCUT2D eigenvalue weighted by Crippen LogP contribution is 2.45. The maximum Gasteiger partial charge on any atom is 0.396 e. The zero-order valence-corrected chi connectivity index (χ0v) is 60.1. The van der Waals surface area contributed by atoms with E-state index in [2.05, 4.69) is 153 Å². The highest BCUT2D eigenvalue weighted by Gasteiger charge is 2.30. The van der Waals surface area contributed by atoms with E-state index < -0.39 is 47.5 Å². The molecule has 0 spiro atoms. The molecular weight excluding hydrogens is 1220 g/mol. The largest absolute Gasteiger partial charge is 0.493 e. The van der Waals surface area contributed by atoms with Crippen LogP contribution in [-0.2, 0) is 105 Å². The average Bonchev–Trinajstić information content (AvgIpc) is 0.767. The van der Waals surface area contributed by atoms with Gasteiger partial charge < -0.3 is 59.2 Å². The van der Waals surface area contributed by atoms with Gasteiger partial charge >= 0.3 is 47.5 Å². The second kappa shape index (κ2) is 36.8. The molecule has 1 aliphatic carbocycles. The van der Waals surface area contributed by atoms with E-state index >= 15 is 0 Å². The van der Waals surface area contributed by atoms with Crippen molar-refractivity contribution in [3.63, 3.8) is 0 Å². The van der Waals surface area contributed by atoms with Crippen LogP contribution in [0.15, 0.2) is 48.5 Å². The van der Waals surface area contributed by atoms with Crippen molar-refractivity contribution in [2.24, 2.45) is 0 Å². The molecule has 0 aliphatic heterocycles. The van der Waals surface area contributed by atoms with Crippen LogP contribution in [0.4, 0.5) is 0 Å². The Bertz CT molecular complexity index is 2810. The summed E-state index contributed by atoms with van der Waals surface area (Å²) in [6.45, 7) is 35.3. The van der Waals surface area contributed by atoms with Crippen molar-refractivity contribution in [2.75, 3.05) is 79.0 Å². The highest BCUT2D eigenvalue weighted by molar-refractivity contribution is 6.33. The minimum Gasteiger partial charge on any atom is -0.493 e. The van der Waals surface area contributed by atoms with Crippen molar-refractivity contribution in [1.29, 1.82) is 0 Å². The molecule has 0 saturated heterocycles. The number of rotatable bonds is 28. The fourth-order valence-corrected chi connectivity index (χ4v) is 10.9. The first-order valence-corrected chi connectivity index (χ1v) is 34.3. The lowest BCUT2D eigenvalue weighted by atomic mass is 9.79. The summed E-state index contributed by atoms with van der Waals surface area (Å²) in [5.41, 5.74) is 10.3. The summed E-state index contributed by atoms with van der Waals surface area (Å²) in [4.78, 5) is 99.0. The Morgan fingerprint density at radius 3 is 0.604 bits per heavy atom. The van der Waals surface area contributed by atoms with Gasteiger partial charge in [-0.05, 0) is 167 Å². The van der Waals surface area contributed by atoms with Gasteiger partial charge in [0.15, 0.2) is 0 Å². The minimum atomic E-state index is -0.932. The number of amides is 4. The average molecular weight is 1330 g/mol. The molecule has 4 N–H and O–H groups in total. The van der Waals surface area contributed by atoms with Crippen LogP contribution in [0.25, 0.3) is 0 Å². The van der Waals surface area contributed by atoms with Crippen molar-refractivity contribution in [3.05, 3.63) is 115 Å². The summed E-state index contributed by atoms with van der Waals surface area (Å²) in [5, 5.41) is 10.7. The van der Waals surface area contributed by atoms with E-state index in [0.717, 1.165) is 66.8 Å². The first-order valence-electron chi connectivity index (χ1n) is 34.3. The van der Waals surface area contributed by atoms with E-state index in [1.54, 1.807) is 27.7 Å². The number of unbranched alkanes of at least 4 members (excludes halogenated alkanes) is 4. The van der Waals surface area contributed by atoms with Crippen LogP contribution in [0.2, 0.25) is 0 Å². The Hall–Kier alpha value is -8.16. The van der Waals surface area contributed by atoms with Gasteiger partial charge in [-0.3, -0.25) is 19.2 Å². The number of hydrogen-bond acceptors (Lipinski definition) is 16. The van der Waals surface area contributed by atoms with E-state index in [9.17, 15) is 38.4 Å². The van der Waals surface area contributed by atoms with Crippen LogP contribution >= 0.6 is 0 Å². The monoisotopic (exact) mass is 1330 g/mol. The Balaban J connectivity index is 1.84. The third-order valence-corrected chi connectivity index (χ3v) is 16.2. The lowest BCUT2D eigenvalue weighted by Gasteiger charge is -2.29. The van der Waals surface area contributed by atoms with Gasteiger partial charge in [0.25, 0.3) is 0 Å². The molecule has 0 fully saturated rings. The normalized spacial score (nSPS) is 12.3. The predicted octanol–water partition coefficient (Wildman–Crippen LogP) is 10.9. The lowest BCUT2D eigenvalue weighted by Crippen LogP contribution is -2.33. The fraction of sp³-hybridized carbons (Fsp3) is 0.579. The summed E-state index contributed by atoms with van der Waals surface area (Å²) < 4.78 is 48.3. The van der Waals surface area contributed by atoms with Gasteiger partial charge in [0.2, 0.25) is 0 Å². The van der Waals surface area contributed by atoms with Gasteiger partial charge in [0, 0.05) is 51.9 Å². The number of fused-ring (bicyclic) bond motifs is 8. The molecule has 5 rings (SSSR count). The smallest absolute Gasteiger partial charge is 0.396 e. The molecule has 20 nitrogen and oxygen atoms in total. The topological polar surface area (TPSA) is 259 Å². The van der Waals surface area contributed by atoms with E-state index in [0.29, 0.717) is 100 Å². The highest BCUT2D eigenvalue weighted by atomic mass is 16.6. The van der Waals surface area contributed by atoms with E-state index in [1.807, 2.05) is 0 Å². The SMILES string of the molecule is CCOC(=O)C(=O)NCCCCOc1c2cc(C(C)(C)C)cc1Cc1cc(C(C)(C)C)cc(c1OCCCCNC(=O)C(=O)OCC)Cc1cc(C(C)(C)C)cc(c1OCCCCNC(=O)C(=O)OCC)Cc1cc(C(C)(C)C)cc(c1OCCCCNC(=O)C(=O)OCC)C2. The Kier molecular flexibility index (Phi) is 30.1. The molecule has 20 heteroatoms. The van der Waals surface area contributed by atoms with Crippen LogP contribution < -0.4 is 40.2 Å². The second-order valence-corrected chi connectivity index (χ2v) is 28.3. The molecular formula is C76H108N4O16. The Labute approximate surface area is 569 Å². The zero-order chi connectivity index (χ0) is 71.0. The van der Waals surface area contributed by atoms with Gasteiger partial charge in [0.1, 0.15) is 23.0 Å². The van der Waals surface area contributed by atoms with Gasteiger partial charge in [-0.2, -0.15) is 0 Å². The summed E-state index contributed by atoms with van der Waals surface area (Å²) in [6, 6.07) is 17.9. The first kappa shape index (κ1) is 78.5. The molecule has 0 saturated carbocycles. The van der Waals surface area contributed by atoms with Crippen molar-refractivity contribution in [3.8, 4) is 23.0 Å². The predicted molar refractivity (Wildman–Crippen MR) is 369 cm³/mol. The number of hydrogen-bond donors (Lipinski definition) is 4. The summed E-state index contributed by atoms with van der Waals surface area (Å²) in [6.07, 6.45) is 5.66. The van der Waals surface area contributed by atoms with Crippen LogP contribution in [0, 0.1) is 0 Å². The number of nitrogens with one attached hydrogen (secondary N) is 4. The molecule has 4 aromatic rings. The van der Waals surface area contributed by atoms with Gasteiger partial charge in [-0.15, -0.1) is 0 Å². The van der Waals surface area contributed by atoms with Crippen molar-refractivity contribution >= 4 is 47.5 Å². The standard InChI is InChI=1S/C76H108N4O16/c1-17-89-69(85)65(81)77-29-21-25-33-93-61-49-37-51-43-58(74(8,9)10)45-53(62(51)94-34-26-22-30-78-66(82)70(86)90-18-2)39-55-47-60(76(14,15)16)48-56(64(55)96-36-28-24-32-80-68(84)72(88)92-20-4)40-54-46-59(75(11,12)13)44-52(38-50(61)42-57(41-49)73(5,6)7)63(54)95-35-27-23-31-79-67(83)71(87)91-19-3/h41-48H,17-40H2,1-16H3,(H,77,81)(H,78,82)(H,79,83)(H,80,84). The quantitative estimate of drug-likeness (QED) is 0.0157. The molecule has 0 heterocycles. The first-order chi connectivity index (χ1) is 45.3. The van der Waals surface area contributed by atoms with Gasteiger partial charge in [-0.25, -0.2) is 19.2 Å². The Morgan fingerprint density at radius 1 is 0.292 bits per heavy atom. The van der Waals surface area contributed by atoms with E-state index in [1.165, 1.54) is 0 Å². The third kappa shape index (κ3) is 24.2. The molecule has 528 valence electrons. The fourth-order valence-electron chi connectivity index (χ4n) is 10.9. The van der Waals surface area contributed by atoms with Crippen LogP contribution in [-0.4, -0.2) is 127 Å². The number of ether oxygens (including phenoxy) is 8. The Morgan fingerprint density at radius 2 is 0.458 bits per heavy atom. The van der Waals surface area contributed by atoms with Gasteiger partial charge in [0.05, 0.1) is 52.9 Å². The zero-order valence-electron chi connectivity index (χ0n) is 60.1. The van der Waals surface area contributed by atoms with E-state index in [-0.39, 0.29) is 101 Å². The van der Waals surface area contributed by atoms with Crippen LogP contribution in [0.1, 0.15) is 229 Å². The number of benzene rings is 4. The maximum absolute atomic E-state index is 12.5. The molecule has 0 radical (unpaired) electrons. The number of esters is 4. The third-order valence-electron chi connectivity index (χ3n) is 16.2. The lowest BCUT2D eigenvalue weighted by molar-refractivity contribution is -0.154. The minimum absolute atomic E-state index is 0.0841. The van der Waals surface area contributed by atoms with Crippen LogP contribution in [0.3, 0.4) is 0 Å². The van der Waals surface area contributed by atoms with Crippen molar-refractivity contribution in [1.82, 2.24) is 21.3 Å². The molecule has 0 atom stereocenters. The van der Waals surface area contributed by atoms with E-state index in [4.69, 9.17) is 37.9 Å². The van der Waals surface area contributed by atoms with Crippen molar-refractivity contribution < 1.29 is 76.3 Å². The molecule has 8 bridgehead atoms. The number of carbonyl (C=O) groups is 8. The molecule has 4 amide bonds. The van der Waals surface area contributed by atoms with Crippen molar-refractivity contribution in [2.45, 2.75) is 209 Å². The number of carbonyl (C=O) groups excluding carboxylic acids is 8. The van der Waals surface area contributed by atoms with Gasteiger partial charge in [-0.1, -0.05) is 132 Å². The summed E-state index contributed by atoms with van der Waals surface area (Å²) in [7, 11) is 0. The molecule has 0 aromatic heterocycles.